The molecule has 0 radical (unpaired) electrons. The van der Waals surface area contributed by atoms with Gasteiger partial charge < -0.3 is 19.9 Å². The fraction of sp³-hybridized carbons (Fsp3) is 0.615. The van der Waals surface area contributed by atoms with Crippen LogP contribution in [0.2, 0.25) is 0 Å². The quantitative estimate of drug-likeness (QED) is 0.762. The van der Waals surface area contributed by atoms with Crippen LogP contribution >= 0.6 is 0 Å². The summed E-state index contributed by atoms with van der Waals surface area (Å²) in [5, 5.41) is 21.8. The molecule has 5 nitrogen and oxygen atoms in total. The first kappa shape index (κ1) is 13.1. The molecular weight excluding hydrogens is 234 g/mol. The number of aromatic carboxylic acids is 1. The van der Waals surface area contributed by atoms with Crippen LogP contribution in [0.3, 0.4) is 0 Å². The van der Waals surface area contributed by atoms with E-state index >= 15 is 0 Å². The molecule has 0 spiro atoms. The van der Waals surface area contributed by atoms with E-state index in [-0.39, 0.29) is 29.4 Å². The van der Waals surface area contributed by atoms with Crippen molar-refractivity contribution in [3.8, 4) is 0 Å². The van der Waals surface area contributed by atoms with Gasteiger partial charge in [-0.25, -0.2) is 4.79 Å². The van der Waals surface area contributed by atoms with Crippen LogP contribution in [0.15, 0.2) is 16.5 Å². The number of carbonyl (C=O) groups is 1. The third-order valence-corrected chi connectivity index (χ3v) is 3.93. The van der Waals surface area contributed by atoms with Crippen LogP contribution in [0, 0.1) is 5.41 Å². The number of carboxylic acid groups (broad SMARTS) is 1. The standard InChI is InChI=1S/C13H19NO4/c1-7(8-4-5-9(18-8)12(16)17)14-10-6-11(15)13(10,2)3/h4-5,7,10-11,14-15H,6H2,1-3H3,(H,16,17). The number of nitrogens with one attached hydrogen (secondary N) is 1. The van der Waals surface area contributed by atoms with Gasteiger partial charge in [0.2, 0.25) is 5.76 Å². The molecule has 3 N–H and O–H groups in total. The molecule has 1 aromatic rings. The molecule has 0 aliphatic heterocycles. The summed E-state index contributed by atoms with van der Waals surface area (Å²) in [6.45, 7) is 5.94. The largest absolute Gasteiger partial charge is 0.475 e. The molecule has 3 unspecified atom stereocenters. The van der Waals surface area contributed by atoms with E-state index in [4.69, 9.17) is 9.52 Å². The van der Waals surface area contributed by atoms with Gasteiger partial charge in [0.15, 0.2) is 0 Å². The molecule has 2 rings (SSSR count). The summed E-state index contributed by atoms with van der Waals surface area (Å²) in [5.74, 6) is -0.510. The Labute approximate surface area is 106 Å². The Bertz CT molecular complexity index is 452. The SMILES string of the molecule is CC(NC1CC(O)C1(C)C)c1ccc(C(=O)O)o1. The van der Waals surface area contributed by atoms with Gasteiger partial charge in [-0.15, -0.1) is 0 Å². The minimum Gasteiger partial charge on any atom is -0.475 e. The number of aliphatic hydroxyl groups is 1. The fourth-order valence-corrected chi connectivity index (χ4v) is 2.27. The van der Waals surface area contributed by atoms with Gasteiger partial charge in [0.1, 0.15) is 5.76 Å². The van der Waals surface area contributed by atoms with Crippen molar-refractivity contribution in [2.45, 2.75) is 45.4 Å². The lowest BCUT2D eigenvalue weighted by Gasteiger charge is -2.50. The lowest BCUT2D eigenvalue weighted by Crippen LogP contribution is -2.60. The maximum atomic E-state index is 10.7. The van der Waals surface area contributed by atoms with Gasteiger partial charge in [0.05, 0.1) is 12.1 Å². The van der Waals surface area contributed by atoms with E-state index in [1.54, 1.807) is 6.07 Å². The predicted molar refractivity (Wildman–Crippen MR) is 65.4 cm³/mol. The normalized spacial score (nSPS) is 27.6. The van der Waals surface area contributed by atoms with Gasteiger partial charge >= 0.3 is 5.97 Å². The maximum Gasteiger partial charge on any atom is 0.371 e. The highest BCUT2D eigenvalue weighted by molar-refractivity contribution is 5.84. The molecule has 0 saturated heterocycles. The smallest absolute Gasteiger partial charge is 0.371 e. The predicted octanol–water partition coefficient (Wildman–Crippen LogP) is 1.79. The van der Waals surface area contributed by atoms with Crippen molar-refractivity contribution in [1.29, 1.82) is 0 Å². The number of furan rings is 1. The van der Waals surface area contributed by atoms with Crippen LogP contribution in [-0.2, 0) is 0 Å². The molecule has 1 aliphatic rings. The van der Waals surface area contributed by atoms with E-state index in [2.05, 4.69) is 5.32 Å². The van der Waals surface area contributed by atoms with E-state index in [9.17, 15) is 9.90 Å². The highest BCUT2D eigenvalue weighted by Crippen LogP contribution is 2.41. The average Bonchev–Trinajstić information content (AvgIpc) is 2.78. The molecule has 1 aliphatic carbocycles. The highest BCUT2D eigenvalue weighted by Gasteiger charge is 2.47. The first-order valence-corrected chi connectivity index (χ1v) is 6.09. The van der Waals surface area contributed by atoms with Gasteiger partial charge in [-0.3, -0.25) is 0 Å². The van der Waals surface area contributed by atoms with Gasteiger partial charge in [-0.1, -0.05) is 13.8 Å². The van der Waals surface area contributed by atoms with Gasteiger partial charge in [0.25, 0.3) is 0 Å². The molecule has 1 heterocycles. The van der Waals surface area contributed by atoms with E-state index in [0.717, 1.165) is 0 Å². The molecule has 1 aromatic heterocycles. The number of aliphatic hydroxyl groups excluding tert-OH is 1. The molecule has 0 aromatic carbocycles. The summed E-state index contributed by atoms with van der Waals surface area (Å²) < 4.78 is 5.25. The van der Waals surface area contributed by atoms with Crippen LogP contribution in [0.1, 0.15) is 49.5 Å². The molecule has 0 amide bonds. The van der Waals surface area contributed by atoms with Crippen LogP contribution in [0.4, 0.5) is 0 Å². The fourth-order valence-electron chi connectivity index (χ4n) is 2.27. The highest BCUT2D eigenvalue weighted by atomic mass is 16.4. The summed E-state index contributed by atoms with van der Waals surface area (Å²) in [6, 6.07) is 3.26. The maximum absolute atomic E-state index is 10.7. The van der Waals surface area contributed by atoms with E-state index in [1.165, 1.54) is 6.07 Å². The van der Waals surface area contributed by atoms with E-state index < -0.39 is 5.97 Å². The molecule has 1 saturated carbocycles. The van der Waals surface area contributed by atoms with Crippen molar-refractivity contribution >= 4 is 5.97 Å². The Morgan fingerprint density at radius 2 is 2.22 bits per heavy atom. The molecule has 18 heavy (non-hydrogen) atoms. The first-order valence-electron chi connectivity index (χ1n) is 6.09. The Hall–Kier alpha value is -1.33. The Balaban J connectivity index is 2.00. The summed E-state index contributed by atoms with van der Waals surface area (Å²) >= 11 is 0. The Morgan fingerprint density at radius 1 is 1.56 bits per heavy atom. The van der Waals surface area contributed by atoms with E-state index in [1.807, 2.05) is 20.8 Å². The van der Waals surface area contributed by atoms with Gasteiger partial charge in [-0.05, 0) is 25.5 Å². The monoisotopic (exact) mass is 253 g/mol. The average molecular weight is 253 g/mol. The van der Waals surface area contributed by atoms with Crippen molar-refractivity contribution in [1.82, 2.24) is 5.32 Å². The minimum atomic E-state index is -1.06. The molecule has 0 bridgehead atoms. The van der Waals surface area contributed by atoms with E-state index in [0.29, 0.717) is 12.2 Å². The Morgan fingerprint density at radius 3 is 2.67 bits per heavy atom. The second-order valence-corrected chi connectivity index (χ2v) is 5.52. The topological polar surface area (TPSA) is 82.7 Å². The number of hydrogen-bond acceptors (Lipinski definition) is 4. The van der Waals surface area contributed by atoms with Crippen LogP contribution < -0.4 is 5.32 Å². The van der Waals surface area contributed by atoms with Crippen LogP contribution in [-0.4, -0.2) is 28.3 Å². The molecule has 100 valence electrons. The summed E-state index contributed by atoms with van der Waals surface area (Å²) in [4.78, 5) is 10.7. The van der Waals surface area contributed by atoms with Gasteiger partial charge in [0, 0.05) is 11.5 Å². The zero-order chi connectivity index (χ0) is 13.5. The van der Waals surface area contributed by atoms with Crippen LogP contribution in [0.25, 0.3) is 0 Å². The lowest BCUT2D eigenvalue weighted by molar-refractivity contribution is -0.0760. The third kappa shape index (κ3) is 2.15. The third-order valence-electron chi connectivity index (χ3n) is 3.93. The van der Waals surface area contributed by atoms with Gasteiger partial charge in [-0.2, -0.15) is 0 Å². The molecule has 1 fully saturated rings. The van der Waals surface area contributed by atoms with Crippen molar-refractivity contribution < 1.29 is 19.4 Å². The molecule has 3 atom stereocenters. The van der Waals surface area contributed by atoms with Crippen molar-refractivity contribution in [3.05, 3.63) is 23.7 Å². The van der Waals surface area contributed by atoms with Crippen LogP contribution in [0.5, 0.6) is 0 Å². The van der Waals surface area contributed by atoms with Crippen molar-refractivity contribution in [2.24, 2.45) is 5.41 Å². The molecular formula is C13H19NO4. The first-order chi connectivity index (χ1) is 8.32. The minimum absolute atomic E-state index is 0.0495. The van der Waals surface area contributed by atoms with Crippen molar-refractivity contribution in [2.75, 3.05) is 0 Å². The zero-order valence-corrected chi connectivity index (χ0v) is 10.8. The zero-order valence-electron chi connectivity index (χ0n) is 10.8. The summed E-state index contributed by atoms with van der Waals surface area (Å²) in [6.07, 6.45) is 0.428. The number of hydrogen-bond donors (Lipinski definition) is 3. The summed E-state index contributed by atoms with van der Waals surface area (Å²) in [5.41, 5.74) is -0.156. The second-order valence-electron chi connectivity index (χ2n) is 5.52. The second kappa shape index (κ2) is 4.40. The summed E-state index contributed by atoms with van der Waals surface area (Å²) in [7, 11) is 0. The molecule has 5 heteroatoms. The number of rotatable bonds is 4. The Kier molecular flexibility index (Phi) is 3.21. The number of carboxylic acids is 1. The van der Waals surface area contributed by atoms with Crippen molar-refractivity contribution in [3.63, 3.8) is 0 Å². The lowest BCUT2D eigenvalue weighted by atomic mass is 9.64.